The molecule has 0 bridgehead atoms. The number of carbonyl (C=O) groups is 3. The number of anilines is 2. The second kappa shape index (κ2) is 8.83. The molecule has 0 unspecified atom stereocenters. The van der Waals surface area contributed by atoms with Crippen LogP contribution in [0.1, 0.15) is 31.2 Å². The third-order valence-corrected chi connectivity index (χ3v) is 5.89. The van der Waals surface area contributed by atoms with Crippen LogP contribution in [0.2, 0.25) is 0 Å². The van der Waals surface area contributed by atoms with Crippen molar-refractivity contribution in [2.45, 2.75) is 25.7 Å². The summed E-state index contributed by atoms with van der Waals surface area (Å²) in [7, 11) is 0. The number of rotatable bonds is 3. The van der Waals surface area contributed by atoms with Crippen molar-refractivity contribution < 1.29 is 14.4 Å². The van der Waals surface area contributed by atoms with Crippen LogP contribution in [-0.2, 0) is 9.59 Å². The lowest BCUT2D eigenvalue weighted by atomic mass is 10.1. The first-order valence-corrected chi connectivity index (χ1v) is 10.8. The fourth-order valence-corrected chi connectivity index (χ4v) is 4.02. The van der Waals surface area contributed by atoms with E-state index in [4.69, 9.17) is 0 Å². The highest BCUT2D eigenvalue weighted by Crippen LogP contribution is 2.25. The van der Waals surface area contributed by atoms with Gasteiger partial charge in [-0.2, -0.15) is 0 Å². The number of imide groups is 2. The molecular formula is C23H22BrN3O3. The molecule has 1 N–H and O–H groups in total. The van der Waals surface area contributed by atoms with Crippen LogP contribution in [0.3, 0.4) is 0 Å². The van der Waals surface area contributed by atoms with E-state index in [-0.39, 0.29) is 5.57 Å². The van der Waals surface area contributed by atoms with Crippen molar-refractivity contribution in [2.75, 3.05) is 22.9 Å². The van der Waals surface area contributed by atoms with Gasteiger partial charge in [-0.05, 0) is 60.9 Å². The maximum atomic E-state index is 12.9. The number of hydrogen-bond donors (Lipinski definition) is 1. The highest BCUT2D eigenvalue weighted by Gasteiger charge is 2.36. The number of benzene rings is 2. The summed E-state index contributed by atoms with van der Waals surface area (Å²) in [4.78, 5) is 40.9. The maximum Gasteiger partial charge on any atom is 0.335 e. The number of carbonyl (C=O) groups excluding carboxylic acids is 3. The Balaban J connectivity index is 1.58. The van der Waals surface area contributed by atoms with Crippen LogP contribution in [-0.4, -0.2) is 30.9 Å². The first-order valence-electron chi connectivity index (χ1n) is 10.0. The minimum atomic E-state index is -0.749. The van der Waals surface area contributed by atoms with Crippen molar-refractivity contribution in [3.63, 3.8) is 0 Å². The zero-order chi connectivity index (χ0) is 21.1. The van der Waals surface area contributed by atoms with Gasteiger partial charge in [-0.15, -0.1) is 0 Å². The molecule has 2 aliphatic heterocycles. The largest absolute Gasteiger partial charge is 0.372 e. The first kappa shape index (κ1) is 20.3. The van der Waals surface area contributed by atoms with Crippen molar-refractivity contribution in [2.24, 2.45) is 0 Å². The Bertz CT molecular complexity index is 991. The van der Waals surface area contributed by atoms with E-state index in [1.54, 1.807) is 24.3 Å². The molecule has 4 rings (SSSR count). The number of nitrogens with one attached hydrogen (secondary N) is 1. The molecule has 2 heterocycles. The van der Waals surface area contributed by atoms with E-state index in [0.717, 1.165) is 33.7 Å². The molecule has 7 heteroatoms. The van der Waals surface area contributed by atoms with E-state index in [9.17, 15) is 14.4 Å². The van der Waals surface area contributed by atoms with Gasteiger partial charge in [0.15, 0.2) is 0 Å². The summed E-state index contributed by atoms with van der Waals surface area (Å²) in [5.74, 6) is -1.32. The van der Waals surface area contributed by atoms with Crippen LogP contribution < -0.4 is 15.1 Å². The van der Waals surface area contributed by atoms with E-state index in [1.165, 1.54) is 31.8 Å². The number of barbiturate groups is 1. The summed E-state index contributed by atoms with van der Waals surface area (Å²) in [6, 6.07) is 13.8. The van der Waals surface area contributed by atoms with Crippen LogP contribution in [0.5, 0.6) is 0 Å². The average Bonchev–Trinajstić information content (AvgIpc) is 3.02. The zero-order valence-electron chi connectivity index (χ0n) is 16.4. The van der Waals surface area contributed by atoms with Crippen molar-refractivity contribution in [1.82, 2.24) is 5.32 Å². The van der Waals surface area contributed by atoms with Gasteiger partial charge in [0.05, 0.1) is 5.69 Å². The first-order chi connectivity index (χ1) is 14.5. The maximum absolute atomic E-state index is 12.9. The van der Waals surface area contributed by atoms with Gasteiger partial charge < -0.3 is 4.90 Å². The summed E-state index contributed by atoms with van der Waals surface area (Å²) < 4.78 is 0.826. The third-order valence-electron chi connectivity index (χ3n) is 5.36. The van der Waals surface area contributed by atoms with Crippen LogP contribution in [0.15, 0.2) is 58.6 Å². The number of amides is 4. The lowest BCUT2D eigenvalue weighted by Crippen LogP contribution is -2.54. The number of nitrogens with zero attached hydrogens (tertiary/aromatic N) is 2. The van der Waals surface area contributed by atoms with Crippen molar-refractivity contribution in [1.29, 1.82) is 0 Å². The fraction of sp³-hybridized carbons (Fsp3) is 0.261. The smallest absolute Gasteiger partial charge is 0.335 e. The summed E-state index contributed by atoms with van der Waals surface area (Å²) in [6.07, 6.45) is 6.46. The second-order valence-electron chi connectivity index (χ2n) is 7.43. The molecular weight excluding hydrogens is 446 g/mol. The van der Waals surface area contributed by atoms with Crippen molar-refractivity contribution in [3.05, 3.63) is 64.1 Å². The molecule has 30 heavy (non-hydrogen) atoms. The molecule has 2 aromatic rings. The summed E-state index contributed by atoms with van der Waals surface area (Å²) in [6.45, 7) is 2.09. The fourth-order valence-electron chi connectivity index (χ4n) is 3.76. The normalized spacial score (nSPS) is 19.1. The Kier molecular flexibility index (Phi) is 5.99. The quantitative estimate of drug-likeness (QED) is 0.532. The third kappa shape index (κ3) is 4.31. The second-order valence-corrected chi connectivity index (χ2v) is 8.34. The molecule has 0 saturated carbocycles. The summed E-state index contributed by atoms with van der Waals surface area (Å²) in [5, 5.41) is 2.25. The molecule has 2 aliphatic rings. The minimum Gasteiger partial charge on any atom is -0.372 e. The lowest BCUT2D eigenvalue weighted by Gasteiger charge is -2.26. The van der Waals surface area contributed by atoms with Gasteiger partial charge in [-0.3, -0.25) is 14.9 Å². The van der Waals surface area contributed by atoms with Crippen LogP contribution in [0.4, 0.5) is 16.2 Å². The highest BCUT2D eigenvalue weighted by molar-refractivity contribution is 9.10. The predicted octanol–water partition coefficient (Wildman–Crippen LogP) is 4.50. The van der Waals surface area contributed by atoms with Gasteiger partial charge in [0, 0.05) is 23.2 Å². The Labute approximate surface area is 183 Å². The van der Waals surface area contributed by atoms with Gasteiger partial charge in [0.2, 0.25) is 0 Å². The van der Waals surface area contributed by atoms with Gasteiger partial charge in [0.25, 0.3) is 11.8 Å². The summed E-state index contributed by atoms with van der Waals surface area (Å²) >= 11 is 3.33. The van der Waals surface area contributed by atoms with Crippen LogP contribution >= 0.6 is 15.9 Å². The number of halogens is 1. The molecule has 0 aromatic heterocycles. The highest BCUT2D eigenvalue weighted by atomic mass is 79.9. The Morgan fingerprint density at radius 2 is 1.40 bits per heavy atom. The van der Waals surface area contributed by atoms with E-state index < -0.39 is 17.8 Å². The molecule has 2 aromatic carbocycles. The van der Waals surface area contributed by atoms with E-state index in [0.29, 0.717) is 5.69 Å². The molecule has 0 atom stereocenters. The van der Waals surface area contributed by atoms with Gasteiger partial charge in [-0.1, -0.05) is 40.9 Å². The average molecular weight is 468 g/mol. The van der Waals surface area contributed by atoms with Crippen molar-refractivity contribution in [3.8, 4) is 0 Å². The van der Waals surface area contributed by atoms with Gasteiger partial charge in [0.1, 0.15) is 5.57 Å². The van der Waals surface area contributed by atoms with Crippen LogP contribution in [0.25, 0.3) is 6.08 Å². The predicted molar refractivity (Wildman–Crippen MR) is 120 cm³/mol. The molecule has 2 saturated heterocycles. The Morgan fingerprint density at radius 3 is 2.03 bits per heavy atom. The van der Waals surface area contributed by atoms with E-state index in [2.05, 4.69) is 26.1 Å². The SMILES string of the molecule is O=C1NC(=O)N(c2ccc(Br)cc2)C(=O)C1=Cc1ccc(N2CCCCCC2)cc1. The molecule has 0 aliphatic carbocycles. The number of hydrogen-bond acceptors (Lipinski definition) is 4. The monoisotopic (exact) mass is 467 g/mol. The van der Waals surface area contributed by atoms with E-state index in [1.807, 2.05) is 24.3 Å². The van der Waals surface area contributed by atoms with E-state index >= 15 is 0 Å². The van der Waals surface area contributed by atoms with Gasteiger partial charge >= 0.3 is 6.03 Å². The minimum absolute atomic E-state index is 0.0694. The Hall–Kier alpha value is -2.93. The molecule has 6 nitrogen and oxygen atoms in total. The molecule has 4 amide bonds. The van der Waals surface area contributed by atoms with Crippen LogP contribution in [0, 0.1) is 0 Å². The molecule has 2 fully saturated rings. The standard InChI is InChI=1S/C23H22BrN3O3/c24-17-7-11-19(12-8-17)27-22(29)20(21(28)25-23(27)30)15-16-5-9-18(10-6-16)26-13-3-1-2-4-14-26/h5-12,15H,1-4,13-14H2,(H,25,28,30). The molecule has 0 spiro atoms. The Morgan fingerprint density at radius 1 is 0.800 bits per heavy atom. The number of urea groups is 1. The summed E-state index contributed by atoms with van der Waals surface area (Å²) in [5.41, 5.74) is 2.21. The zero-order valence-corrected chi connectivity index (χ0v) is 18.0. The molecule has 0 radical (unpaired) electrons. The lowest BCUT2D eigenvalue weighted by molar-refractivity contribution is -0.122. The van der Waals surface area contributed by atoms with Crippen molar-refractivity contribution >= 4 is 51.2 Å². The van der Waals surface area contributed by atoms with Gasteiger partial charge in [-0.25, -0.2) is 9.69 Å². The topological polar surface area (TPSA) is 69.7 Å². The molecule has 154 valence electrons.